The number of carboxylic acids is 1. The molecule has 4 nitrogen and oxygen atoms in total. The fraction of sp³-hybridized carbons (Fsp3) is 0.0909. The molecule has 2 rings (SSSR count). The van der Waals surface area contributed by atoms with Crippen molar-refractivity contribution in [2.75, 3.05) is 0 Å². The maximum atomic E-state index is 11.0. The van der Waals surface area contributed by atoms with Crippen molar-refractivity contribution >= 4 is 17.6 Å². The van der Waals surface area contributed by atoms with Gasteiger partial charge in [0.15, 0.2) is 0 Å². The molecule has 1 heterocycles. The van der Waals surface area contributed by atoms with Gasteiger partial charge in [-0.3, -0.25) is 0 Å². The molecule has 5 heteroatoms. The highest BCUT2D eigenvalue weighted by molar-refractivity contribution is 6.30. The lowest BCUT2D eigenvalue weighted by Crippen LogP contribution is -2.02. The molecule has 2 aromatic rings. The maximum Gasteiger partial charge on any atom is 0.336 e. The Morgan fingerprint density at radius 3 is 2.81 bits per heavy atom. The van der Waals surface area contributed by atoms with Crippen molar-refractivity contribution < 1.29 is 9.90 Å². The van der Waals surface area contributed by atoms with Crippen LogP contribution < -0.4 is 0 Å². The number of aromatic carboxylic acids is 1. The zero-order valence-electron chi connectivity index (χ0n) is 8.51. The molecule has 1 aromatic carbocycles. The topological polar surface area (TPSA) is 55.1 Å². The molecule has 0 unspecified atom stereocenters. The third-order valence-corrected chi connectivity index (χ3v) is 2.46. The van der Waals surface area contributed by atoms with Crippen LogP contribution in [-0.4, -0.2) is 20.9 Å². The number of carboxylic acid groups (broad SMARTS) is 1. The van der Waals surface area contributed by atoms with Crippen LogP contribution in [0.4, 0.5) is 0 Å². The molecule has 1 aromatic heterocycles. The van der Waals surface area contributed by atoms with Crippen molar-refractivity contribution in [2.45, 2.75) is 6.92 Å². The third-order valence-electron chi connectivity index (χ3n) is 2.27. The molecule has 0 saturated carbocycles. The first-order valence-corrected chi connectivity index (χ1v) is 5.00. The first-order valence-electron chi connectivity index (χ1n) is 4.62. The predicted molar refractivity (Wildman–Crippen MR) is 60.3 cm³/mol. The summed E-state index contributed by atoms with van der Waals surface area (Å²) < 4.78 is 1.54. The lowest BCUT2D eigenvalue weighted by molar-refractivity contribution is 0.0696. The number of aromatic nitrogens is 2. The zero-order valence-corrected chi connectivity index (χ0v) is 9.27. The van der Waals surface area contributed by atoms with Gasteiger partial charge in [-0.1, -0.05) is 17.7 Å². The lowest BCUT2D eigenvalue weighted by atomic mass is 10.1. The Balaban J connectivity index is 2.51. The zero-order chi connectivity index (χ0) is 11.7. The van der Waals surface area contributed by atoms with Gasteiger partial charge in [0.05, 0.1) is 22.5 Å². The summed E-state index contributed by atoms with van der Waals surface area (Å²) in [6.45, 7) is 1.75. The quantitative estimate of drug-likeness (QED) is 0.872. The van der Waals surface area contributed by atoms with E-state index in [1.54, 1.807) is 31.3 Å². The minimum atomic E-state index is -0.947. The highest BCUT2D eigenvalue weighted by atomic mass is 35.5. The number of hydrogen-bond acceptors (Lipinski definition) is 2. The highest BCUT2D eigenvalue weighted by Gasteiger charge is 2.09. The van der Waals surface area contributed by atoms with Crippen molar-refractivity contribution in [3.63, 3.8) is 0 Å². The van der Waals surface area contributed by atoms with E-state index < -0.39 is 5.97 Å². The summed E-state index contributed by atoms with van der Waals surface area (Å²) in [5.41, 5.74) is 1.66. The fourth-order valence-electron chi connectivity index (χ4n) is 1.42. The minimum Gasteiger partial charge on any atom is -0.478 e. The van der Waals surface area contributed by atoms with Gasteiger partial charge in [-0.2, -0.15) is 5.10 Å². The molecule has 16 heavy (non-hydrogen) atoms. The molecule has 0 saturated heterocycles. The second-order valence-electron chi connectivity index (χ2n) is 3.41. The smallest absolute Gasteiger partial charge is 0.336 e. The van der Waals surface area contributed by atoms with Gasteiger partial charge >= 0.3 is 5.97 Å². The number of halogens is 1. The Morgan fingerprint density at radius 1 is 1.50 bits per heavy atom. The lowest BCUT2D eigenvalue weighted by Gasteiger charge is -2.05. The van der Waals surface area contributed by atoms with E-state index in [-0.39, 0.29) is 5.56 Å². The molecule has 0 amide bonds. The van der Waals surface area contributed by atoms with E-state index in [1.807, 2.05) is 0 Å². The van der Waals surface area contributed by atoms with Crippen LogP contribution in [-0.2, 0) is 0 Å². The molecule has 82 valence electrons. The Morgan fingerprint density at radius 2 is 2.25 bits per heavy atom. The van der Waals surface area contributed by atoms with Crippen LogP contribution >= 0.6 is 11.6 Å². The second kappa shape index (κ2) is 3.98. The summed E-state index contributed by atoms with van der Waals surface area (Å²) in [5, 5.41) is 13.5. The van der Waals surface area contributed by atoms with Gasteiger partial charge in [0.1, 0.15) is 0 Å². The normalized spacial score (nSPS) is 10.4. The standard InChI is InChI=1S/C11H9ClN2O2/c1-7-2-3-9(4-10(7)11(15)16)14-6-8(12)5-13-14/h2-6H,1H3,(H,15,16). The van der Waals surface area contributed by atoms with Crippen LogP contribution in [0.3, 0.4) is 0 Å². The van der Waals surface area contributed by atoms with Crippen LogP contribution in [0.15, 0.2) is 30.6 Å². The molecule has 0 aliphatic carbocycles. The molecule has 0 bridgehead atoms. The number of carbonyl (C=O) groups is 1. The summed E-state index contributed by atoms with van der Waals surface area (Å²) in [4.78, 5) is 11.0. The van der Waals surface area contributed by atoms with Crippen LogP contribution in [0.5, 0.6) is 0 Å². The van der Waals surface area contributed by atoms with E-state index in [1.165, 1.54) is 10.9 Å². The van der Waals surface area contributed by atoms with Crippen LogP contribution in [0, 0.1) is 6.92 Å². The number of nitrogens with zero attached hydrogens (tertiary/aromatic N) is 2. The van der Waals surface area contributed by atoms with Crippen LogP contribution in [0.25, 0.3) is 5.69 Å². The largest absolute Gasteiger partial charge is 0.478 e. The summed E-state index contributed by atoms with van der Waals surface area (Å²) in [5.74, 6) is -0.947. The number of hydrogen-bond donors (Lipinski definition) is 1. The van der Waals surface area contributed by atoms with Crippen molar-refractivity contribution in [1.82, 2.24) is 9.78 Å². The van der Waals surface area contributed by atoms with Crippen molar-refractivity contribution in [2.24, 2.45) is 0 Å². The predicted octanol–water partition coefficient (Wildman–Crippen LogP) is 2.53. The molecule has 0 spiro atoms. The third kappa shape index (κ3) is 1.92. The highest BCUT2D eigenvalue weighted by Crippen LogP contribution is 2.16. The van der Waals surface area contributed by atoms with Crippen molar-refractivity contribution in [1.29, 1.82) is 0 Å². The molecular formula is C11H9ClN2O2. The van der Waals surface area contributed by atoms with Gasteiger partial charge in [0.25, 0.3) is 0 Å². The molecule has 0 radical (unpaired) electrons. The van der Waals surface area contributed by atoms with Gasteiger partial charge < -0.3 is 5.11 Å². The van der Waals surface area contributed by atoms with E-state index in [9.17, 15) is 4.79 Å². The number of benzene rings is 1. The first kappa shape index (κ1) is 10.7. The molecular weight excluding hydrogens is 228 g/mol. The van der Waals surface area contributed by atoms with Gasteiger partial charge in [0, 0.05) is 6.20 Å². The molecule has 0 atom stereocenters. The Kier molecular flexibility index (Phi) is 2.66. The second-order valence-corrected chi connectivity index (χ2v) is 3.84. The van der Waals surface area contributed by atoms with Gasteiger partial charge in [-0.25, -0.2) is 9.48 Å². The molecule has 0 aliphatic rings. The number of rotatable bonds is 2. The van der Waals surface area contributed by atoms with Crippen LogP contribution in [0.1, 0.15) is 15.9 Å². The van der Waals surface area contributed by atoms with E-state index in [0.717, 1.165) is 5.56 Å². The maximum absolute atomic E-state index is 11.0. The minimum absolute atomic E-state index is 0.268. The van der Waals surface area contributed by atoms with Gasteiger partial charge in [0.2, 0.25) is 0 Å². The Labute approximate surface area is 97.1 Å². The Hall–Kier alpha value is -1.81. The summed E-state index contributed by atoms with van der Waals surface area (Å²) in [7, 11) is 0. The SMILES string of the molecule is Cc1ccc(-n2cc(Cl)cn2)cc1C(=O)O. The first-order chi connectivity index (χ1) is 7.58. The fourth-order valence-corrected chi connectivity index (χ4v) is 1.56. The Bertz CT molecular complexity index is 549. The summed E-state index contributed by atoms with van der Waals surface area (Å²) >= 11 is 5.74. The van der Waals surface area contributed by atoms with E-state index in [4.69, 9.17) is 16.7 Å². The van der Waals surface area contributed by atoms with Crippen molar-refractivity contribution in [3.8, 4) is 5.69 Å². The van der Waals surface area contributed by atoms with Gasteiger partial charge in [-0.05, 0) is 24.6 Å². The van der Waals surface area contributed by atoms with E-state index >= 15 is 0 Å². The van der Waals surface area contributed by atoms with E-state index in [0.29, 0.717) is 10.7 Å². The van der Waals surface area contributed by atoms with Gasteiger partial charge in [-0.15, -0.1) is 0 Å². The monoisotopic (exact) mass is 236 g/mol. The number of aryl methyl sites for hydroxylation is 1. The average Bonchev–Trinajstić information content (AvgIpc) is 2.65. The summed E-state index contributed by atoms with van der Waals surface area (Å²) in [6, 6.07) is 5.11. The average molecular weight is 237 g/mol. The molecule has 0 fully saturated rings. The molecule has 1 N–H and O–H groups in total. The van der Waals surface area contributed by atoms with Crippen LogP contribution in [0.2, 0.25) is 5.02 Å². The molecule has 0 aliphatic heterocycles. The summed E-state index contributed by atoms with van der Waals surface area (Å²) in [6.07, 6.45) is 3.12. The van der Waals surface area contributed by atoms with Crippen molar-refractivity contribution in [3.05, 3.63) is 46.7 Å². The van der Waals surface area contributed by atoms with E-state index in [2.05, 4.69) is 5.10 Å².